The number of benzene rings is 2. The lowest BCUT2D eigenvalue weighted by Gasteiger charge is -2.34. The van der Waals surface area contributed by atoms with Gasteiger partial charge >= 0.3 is 5.97 Å². The van der Waals surface area contributed by atoms with Crippen molar-refractivity contribution in [3.8, 4) is 22.8 Å². The van der Waals surface area contributed by atoms with E-state index < -0.39 is 5.97 Å². The predicted octanol–water partition coefficient (Wildman–Crippen LogP) is 4.40. The van der Waals surface area contributed by atoms with Crippen molar-refractivity contribution in [1.29, 1.82) is 0 Å². The average Bonchev–Trinajstić information content (AvgIpc) is 3.21. The highest BCUT2D eigenvalue weighted by atomic mass is 16.5. The molecule has 0 aliphatic carbocycles. The van der Waals surface area contributed by atoms with Gasteiger partial charge in [0.15, 0.2) is 0 Å². The van der Waals surface area contributed by atoms with Gasteiger partial charge in [-0.25, -0.2) is 9.48 Å². The zero-order chi connectivity index (χ0) is 21.2. The van der Waals surface area contributed by atoms with Crippen LogP contribution < -0.4 is 15.4 Å². The number of aromatic carboxylic acids is 1. The summed E-state index contributed by atoms with van der Waals surface area (Å²) < 4.78 is 7.80. The Morgan fingerprint density at radius 2 is 1.68 bits per heavy atom. The highest BCUT2D eigenvalue weighted by Crippen LogP contribution is 2.39. The Morgan fingerprint density at radius 3 is 2.39 bits per heavy atom. The number of hydrogen-bond donors (Lipinski definition) is 3. The summed E-state index contributed by atoms with van der Waals surface area (Å²) in [7, 11) is 0. The summed E-state index contributed by atoms with van der Waals surface area (Å²) >= 11 is 0. The van der Waals surface area contributed by atoms with Crippen LogP contribution in [0.1, 0.15) is 35.7 Å². The lowest BCUT2D eigenvalue weighted by molar-refractivity contribution is 0.0698. The number of rotatable bonds is 5. The number of para-hydroxylation sites is 1. The molecule has 1 aromatic heterocycles. The Bertz CT molecular complexity index is 1060. The van der Waals surface area contributed by atoms with Crippen LogP contribution in [0.15, 0.2) is 54.6 Å². The summed E-state index contributed by atoms with van der Waals surface area (Å²) in [5.74, 6) is 1.63. The number of anilines is 1. The highest BCUT2D eigenvalue weighted by molar-refractivity contribution is 6.00. The van der Waals surface area contributed by atoms with Crippen LogP contribution in [0.25, 0.3) is 11.3 Å². The van der Waals surface area contributed by atoms with Crippen molar-refractivity contribution >= 4 is 11.8 Å². The third-order valence-electron chi connectivity index (χ3n) is 6.21. The third kappa shape index (κ3) is 3.88. The fourth-order valence-electron chi connectivity index (χ4n) is 4.68. The second-order valence-corrected chi connectivity index (χ2v) is 8.13. The fourth-order valence-corrected chi connectivity index (χ4v) is 4.68. The van der Waals surface area contributed by atoms with E-state index >= 15 is 0 Å². The Morgan fingerprint density at radius 1 is 0.968 bits per heavy atom. The van der Waals surface area contributed by atoms with Crippen molar-refractivity contribution in [2.75, 3.05) is 25.0 Å². The van der Waals surface area contributed by atoms with Crippen LogP contribution in [0.3, 0.4) is 0 Å². The van der Waals surface area contributed by atoms with Crippen molar-refractivity contribution in [3.05, 3.63) is 60.2 Å². The molecule has 0 radical (unpaired) electrons. The molecule has 7 nitrogen and oxygen atoms in total. The quantitative estimate of drug-likeness (QED) is 0.569. The van der Waals surface area contributed by atoms with E-state index in [1.807, 2.05) is 59.3 Å². The number of piperidine rings is 1. The number of nitrogens with zero attached hydrogens (tertiary/aromatic N) is 2. The molecule has 3 heterocycles. The fraction of sp³-hybridized carbons (Fsp3) is 0.333. The number of hydrogen-bond acceptors (Lipinski definition) is 5. The van der Waals surface area contributed by atoms with Crippen LogP contribution in [-0.2, 0) is 0 Å². The first-order valence-corrected chi connectivity index (χ1v) is 10.8. The van der Waals surface area contributed by atoms with Crippen LogP contribution in [0.2, 0.25) is 0 Å². The average molecular weight is 418 g/mol. The number of carboxylic acid groups (broad SMARTS) is 1. The summed E-state index contributed by atoms with van der Waals surface area (Å²) in [6.07, 6.45) is 3.14. The number of nitrogens with one attached hydrogen (secondary N) is 2. The topological polar surface area (TPSA) is 88.4 Å². The molecule has 5 rings (SSSR count). The summed E-state index contributed by atoms with van der Waals surface area (Å²) in [6, 6.07) is 17.2. The molecule has 7 heteroatoms. The maximum absolute atomic E-state index is 12.2. The maximum Gasteiger partial charge on any atom is 0.341 e. The van der Waals surface area contributed by atoms with Crippen LogP contribution in [0, 0.1) is 5.92 Å². The summed E-state index contributed by atoms with van der Waals surface area (Å²) in [5.41, 5.74) is 1.52. The third-order valence-corrected chi connectivity index (χ3v) is 6.21. The molecule has 0 saturated carbocycles. The highest BCUT2D eigenvalue weighted by Gasteiger charge is 2.34. The molecule has 1 unspecified atom stereocenters. The molecule has 0 bridgehead atoms. The molecule has 3 aromatic rings. The molecular weight excluding hydrogens is 392 g/mol. The van der Waals surface area contributed by atoms with Crippen molar-refractivity contribution in [1.82, 2.24) is 15.1 Å². The number of fused-ring (bicyclic) bond motifs is 1. The van der Waals surface area contributed by atoms with Crippen molar-refractivity contribution in [2.45, 2.75) is 25.3 Å². The van der Waals surface area contributed by atoms with E-state index in [1.165, 1.54) is 0 Å². The van der Waals surface area contributed by atoms with Gasteiger partial charge in [0.25, 0.3) is 0 Å². The van der Waals surface area contributed by atoms with E-state index in [0.29, 0.717) is 23.2 Å². The molecule has 1 saturated heterocycles. The van der Waals surface area contributed by atoms with E-state index in [1.54, 1.807) is 0 Å². The SMILES string of the molecule is O=C(O)c1c(-c2ccc(Oc3ccccc3)cc2)nn2c1NCCC2C1CCNCC1. The largest absolute Gasteiger partial charge is 0.477 e. The van der Waals surface area contributed by atoms with Gasteiger partial charge in [0.2, 0.25) is 0 Å². The molecule has 2 aliphatic rings. The second-order valence-electron chi connectivity index (χ2n) is 8.13. The van der Waals surface area contributed by atoms with Crippen LogP contribution in [0.5, 0.6) is 11.5 Å². The minimum absolute atomic E-state index is 0.228. The number of ether oxygens (including phenoxy) is 1. The van der Waals surface area contributed by atoms with Gasteiger partial charge in [0.1, 0.15) is 28.6 Å². The van der Waals surface area contributed by atoms with Crippen molar-refractivity contribution in [2.24, 2.45) is 5.92 Å². The molecule has 1 atom stereocenters. The van der Waals surface area contributed by atoms with E-state index in [-0.39, 0.29) is 11.6 Å². The Balaban J connectivity index is 1.47. The zero-order valence-electron chi connectivity index (χ0n) is 17.3. The Kier molecular flexibility index (Phi) is 5.34. The molecular formula is C24H26N4O3. The van der Waals surface area contributed by atoms with E-state index in [2.05, 4.69) is 10.6 Å². The Hall–Kier alpha value is -3.32. The van der Waals surface area contributed by atoms with Crippen LogP contribution >= 0.6 is 0 Å². The minimum Gasteiger partial charge on any atom is -0.477 e. The van der Waals surface area contributed by atoms with E-state index in [0.717, 1.165) is 50.2 Å². The summed E-state index contributed by atoms with van der Waals surface area (Å²) in [5, 5.41) is 21.5. The van der Waals surface area contributed by atoms with Gasteiger partial charge in [-0.05, 0) is 74.7 Å². The molecule has 0 amide bonds. The summed E-state index contributed by atoms with van der Waals surface area (Å²) in [6.45, 7) is 2.78. The minimum atomic E-state index is -0.959. The summed E-state index contributed by atoms with van der Waals surface area (Å²) in [4.78, 5) is 12.2. The lowest BCUT2D eigenvalue weighted by Crippen LogP contribution is -2.36. The smallest absolute Gasteiger partial charge is 0.341 e. The first-order chi connectivity index (χ1) is 15.2. The van der Waals surface area contributed by atoms with Gasteiger partial charge in [0, 0.05) is 12.1 Å². The molecule has 160 valence electrons. The Labute approximate surface area is 181 Å². The predicted molar refractivity (Wildman–Crippen MR) is 119 cm³/mol. The first kappa shape index (κ1) is 19.6. The van der Waals surface area contributed by atoms with Gasteiger partial charge in [-0.2, -0.15) is 5.10 Å². The molecule has 3 N–H and O–H groups in total. The van der Waals surface area contributed by atoms with Crippen molar-refractivity contribution in [3.63, 3.8) is 0 Å². The molecule has 1 fully saturated rings. The van der Waals surface area contributed by atoms with Gasteiger partial charge in [-0.15, -0.1) is 0 Å². The van der Waals surface area contributed by atoms with Crippen molar-refractivity contribution < 1.29 is 14.6 Å². The van der Waals surface area contributed by atoms with Gasteiger partial charge in [-0.3, -0.25) is 0 Å². The number of carboxylic acids is 1. The van der Waals surface area contributed by atoms with Crippen LogP contribution in [-0.4, -0.2) is 40.5 Å². The maximum atomic E-state index is 12.2. The first-order valence-electron chi connectivity index (χ1n) is 10.8. The normalized spacial score (nSPS) is 18.8. The molecule has 0 spiro atoms. The molecule has 2 aliphatic heterocycles. The van der Waals surface area contributed by atoms with Gasteiger partial charge in [-0.1, -0.05) is 18.2 Å². The standard InChI is InChI=1S/C24H26N4O3/c29-24(30)21-22(17-6-8-19(9-7-17)31-18-4-2-1-3-5-18)27-28-20(12-15-26-23(21)28)16-10-13-25-14-11-16/h1-9,16,20,25-26H,10-15H2,(H,29,30). The molecule has 31 heavy (non-hydrogen) atoms. The van der Waals surface area contributed by atoms with E-state index in [4.69, 9.17) is 9.84 Å². The van der Waals surface area contributed by atoms with Crippen LogP contribution in [0.4, 0.5) is 5.82 Å². The lowest BCUT2D eigenvalue weighted by atomic mass is 9.87. The van der Waals surface area contributed by atoms with Gasteiger partial charge in [0.05, 0.1) is 6.04 Å². The number of aromatic nitrogens is 2. The monoisotopic (exact) mass is 418 g/mol. The van der Waals surface area contributed by atoms with E-state index in [9.17, 15) is 9.90 Å². The second kappa shape index (κ2) is 8.43. The molecule has 2 aromatic carbocycles. The van der Waals surface area contributed by atoms with Gasteiger partial charge < -0.3 is 20.5 Å². The number of carbonyl (C=O) groups is 1. The zero-order valence-corrected chi connectivity index (χ0v) is 17.3.